The molecule has 0 aliphatic rings. The summed E-state index contributed by atoms with van der Waals surface area (Å²) in [5, 5.41) is 3.17. The molecular formula is C14H37N. The van der Waals surface area contributed by atoms with Crippen LogP contribution in [0, 0.1) is 5.92 Å². The Morgan fingerprint density at radius 2 is 1.53 bits per heavy atom. The van der Waals surface area contributed by atoms with Gasteiger partial charge in [0, 0.05) is 1.43 Å². The van der Waals surface area contributed by atoms with Crippen LogP contribution in [0.1, 0.15) is 75.1 Å². The predicted octanol–water partition coefficient (Wildman–Crippen LogP) is 5.11. The lowest BCUT2D eigenvalue weighted by atomic mass is 9.99. The van der Waals surface area contributed by atoms with Crippen molar-refractivity contribution in [2.75, 3.05) is 13.6 Å². The van der Waals surface area contributed by atoms with Gasteiger partial charge < -0.3 is 5.32 Å². The van der Waals surface area contributed by atoms with Crippen molar-refractivity contribution in [2.45, 2.75) is 73.6 Å². The SMILES string of the molecule is CC.CC.CCCC(C)CCCCNC.[HH]. The van der Waals surface area contributed by atoms with E-state index in [4.69, 9.17) is 0 Å². The molecule has 1 N–H and O–H groups in total. The molecule has 1 atom stereocenters. The van der Waals surface area contributed by atoms with Crippen molar-refractivity contribution < 1.29 is 1.43 Å². The minimum Gasteiger partial charge on any atom is -0.320 e. The maximum Gasteiger partial charge on any atom is 0 e. The van der Waals surface area contributed by atoms with Gasteiger partial charge in [-0.3, -0.25) is 0 Å². The highest BCUT2D eigenvalue weighted by molar-refractivity contribution is 4.53. The van der Waals surface area contributed by atoms with E-state index in [0.29, 0.717) is 0 Å². The first-order valence-electron chi connectivity index (χ1n) is 6.95. The van der Waals surface area contributed by atoms with Gasteiger partial charge in [0.25, 0.3) is 0 Å². The third-order valence-electron chi connectivity index (χ3n) is 2.16. The molecule has 0 heterocycles. The zero-order chi connectivity index (χ0) is 12.5. The average molecular weight is 219 g/mol. The molecule has 0 saturated heterocycles. The van der Waals surface area contributed by atoms with Crippen LogP contribution in [0.25, 0.3) is 0 Å². The van der Waals surface area contributed by atoms with Gasteiger partial charge in [0.1, 0.15) is 0 Å². The maximum absolute atomic E-state index is 3.17. The summed E-state index contributed by atoms with van der Waals surface area (Å²) >= 11 is 0. The summed E-state index contributed by atoms with van der Waals surface area (Å²) < 4.78 is 0. The number of hydrogen-bond donors (Lipinski definition) is 1. The van der Waals surface area contributed by atoms with E-state index in [0.717, 1.165) is 5.92 Å². The smallest absolute Gasteiger partial charge is 0 e. The molecule has 0 saturated carbocycles. The number of unbranched alkanes of at least 4 members (excludes halogenated alkanes) is 1. The molecule has 0 spiro atoms. The van der Waals surface area contributed by atoms with Gasteiger partial charge in [-0.05, 0) is 25.9 Å². The van der Waals surface area contributed by atoms with Crippen molar-refractivity contribution in [3.8, 4) is 0 Å². The first-order valence-corrected chi connectivity index (χ1v) is 6.95. The molecular weight excluding hydrogens is 182 g/mol. The molecule has 0 fully saturated rings. The first kappa shape index (κ1) is 20.4. The number of rotatable bonds is 7. The van der Waals surface area contributed by atoms with Gasteiger partial charge in [0.15, 0.2) is 0 Å². The number of hydrogen-bond acceptors (Lipinski definition) is 1. The second-order valence-electron chi connectivity index (χ2n) is 3.49. The van der Waals surface area contributed by atoms with E-state index in [1.165, 1.54) is 38.6 Å². The van der Waals surface area contributed by atoms with Crippen molar-refractivity contribution in [1.82, 2.24) is 5.32 Å². The Hall–Kier alpha value is -0.0400. The van der Waals surface area contributed by atoms with Gasteiger partial charge in [-0.1, -0.05) is 67.2 Å². The number of nitrogens with one attached hydrogen (secondary N) is 1. The van der Waals surface area contributed by atoms with Crippen LogP contribution in [0.4, 0.5) is 0 Å². The standard InChI is InChI=1S/C10H23N.2C2H6.H2/c1-4-7-10(2)8-5-6-9-11-3;2*1-2;/h10-11H,4-9H2,1-3H3;2*1-2H3;1H. The monoisotopic (exact) mass is 219 g/mol. The molecule has 1 nitrogen and oxygen atoms in total. The van der Waals surface area contributed by atoms with Crippen LogP contribution >= 0.6 is 0 Å². The molecule has 0 radical (unpaired) electrons. The highest BCUT2D eigenvalue weighted by atomic mass is 14.8. The molecule has 0 aromatic rings. The van der Waals surface area contributed by atoms with Crippen LogP contribution in [0.2, 0.25) is 0 Å². The summed E-state index contributed by atoms with van der Waals surface area (Å²) in [6.45, 7) is 13.8. The summed E-state index contributed by atoms with van der Waals surface area (Å²) in [5.74, 6) is 0.942. The molecule has 98 valence electrons. The summed E-state index contributed by atoms with van der Waals surface area (Å²) in [6, 6.07) is 0. The molecule has 0 aromatic carbocycles. The van der Waals surface area contributed by atoms with Gasteiger partial charge in [-0.25, -0.2) is 0 Å². The lowest BCUT2D eigenvalue weighted by Gasteiger charge is -2.08. The summed E-state index contributed by atoms with van der Waals surface area (Å²) in [4.78, 5) is 0. The van der Waals surface area contributed by atoms with Gasteiger partial charge in [-0.2, -0.15) is 0 Å². The topological polar surface area (TPSA) is 12.0 Å². The lowest BCUT2D eigenvalue weighted by molar-refractivity contribution is 0.458. The van der Waals surface area contributed by atoms with Crippen LogP contribution in [0.15, 0.2) is 0 Å². The highest BCUT2D eigenvalue weighted by Gasteiger charge is 1.98. The van der Waals surface area contributed by atoms with Crippen molar-refractivity contribution in [3.63, 3.8) is 0 Å². The zero-order valence-corrected chi connectivity index (χ0v) is 12.3. The molecule has 0 aliphatic carbocycles. The fourth-order valence-electron chi connectivity index (χ4n) is 1.43. The Balaban J connectivity index is -0.000000129. The molecule has 0 aromatic heterocycles. The van der Waals surface area contributed by atoms with Crippen molar-refractivity contribution in [1.29, 1.82) is 0 Å². The largest absolute Gasteiger partial charge is 0.320 e. The van der Waals surface area contributed by atoms with Crippen LogP contribution in [-0.4, -0.2) is 13.6 Å². The first-order chi connectivity index (χ1) is 7.31. The van der Waals surface area contributed by atoms with Crippen LogP contribution in [-0.2, 0) is 0 Å². The third-order valence-corrected chi connectivity index (χ3v) is 2.16. The van der Waals surface area contributed by atoms with Crippen molar-refractivity contribution in [3.05, 3.63) is 0 Å². The van der Waals surface area contributed by atoms with Crippen molar-refractivity contribution in [2.24, 2.45) is 5.92 Å². The van der Waals surface area contributed by atoms with Gasteiger partial charge in [0.2, 0.25) is 0 Å². The van der Waals surface area contributed by atoms with E-state index in [1.54, 1.807) is 0 Å². The highest BCUT2D eigenvalue weighted by Crippen LogP contribution is 2.12. The maximum atomic E-state index is 3.17. The summed E-state index contributed by atoms with van der Waals surface area (Å²) in [7, 11) is 2.02. The normalized spacial score (nSPS) is 10.6. The molecule has 1 unspecified atom stereocenters. The Morgan fingerprint density at radius 1 is 1.00 bits per heavy atom. The van der Waals surface area contributed by atoms with E-state index in [2.05, 4.69) is 19.2 Å². The van der Waals surface area contributed by atoms with Crippen molar-refractivity contribution >= 4 is 0 Å². The van der Waals surface area contributed by atoms with Crippen LogP contribution < -0.4 is 5.32 Å². The lowest BCUT2D eigenvalue weighted by Crippen LogP contribution is -2.07. The summed E-state index contributed by atoms with van der Waals surface area (Å²) in [6.07, 6.45) is 6.88. The molecule has 0 rings (SSSR count). The van der Waals surface area contributed by atoms with Crippen LogP contribution in [0.3, 0.4) is 0 Å². The van der Waals surface area contributed by atoms with Gasteiger partial charge in [-0.15, -0.1) is 0 Å². The zero-order valence-electron chi connectivity index (χ0n) is 12.3. The Labute approximate surface area is 101 Å². The Morgan fingerprint density at radius 3 is 1.93 bits per heavy atom. The third kappa shape index (κ3) is 24.9. The second-order valence-corrected chi connectivity index (χ2v) is 3.49. The molecule has 0 bridgehead atoms. The molecule has 0 aliphatic heterocycles. The minimum atomic E-state index is 0. The molecule has 0 amide bonds. The van der Waals surface area contributed by atoms with E-state index >= 15 is 0 Å². The van der Waals surface area contributed by atoms with E-state index in [1.807, 2.05) is 34.7 Å². The predicted molar refractivity (Wildman–Crippen MR) is 76.7 cm³/mol. The Kier molecular flexibility index (Phi) is 32.1. The fraction of sp³-hybridized carbons (Fsp3) is 1.00. The average Bonchev–Trinajstić information content (AvgIpc) is 2.30. The molecule has 15 heavy (non-hydrogen) atoms. The summed E-state index contributed by atoms with van der Waals surface area (Å²) in [5.41, 5.74) is 0. The quantitative estimate of drug-likeness (QED) is 0.587. The van der Waals surface area contributed by atoms with Gasteiger partial charge >= 0.3 is 0 Å². The fourth-order valence-corrected chi connectivity index (χ4v) is 1.43. The van der Waals surface area contributed by atoms with Crippen LogP contribution in [0.5, 0.6) is 0 Å². The second kappa shape index (κ2) is 23.6. The molecule has 1 heteroatoms. The van der Waals surface area contributed by atoms with E-state index in [-0.39, 0.29) is 1.43 Å². The minimum absolute atomic E-state index is 0. The van der Waals surface area contributed by atoms with E-state index < -0.39 is 0 Å². The van der Waals surface area contributed by atoms with E-state index in [9.17, 15) is 0 Å². The Bertz CT molecular complexity index is 77.1. The van der Waals surface area contributed by atoms with Gasteiger partial charge in [0.05, 0.1) is 0 Å².